The Morgan fingerprint density at radius 2 is 1.60 bits per heavy atom. The Morgan fingerprint density at radius 3 is 2.30 bits per heavy atom. The lowest BCUT2D eigenvalue weighted by molar-refractivity contribution is 0.475. The lowest BCUT2D eigenvalue weighted by Gasteiger charge is -2.29. The van der Waals surface area contributed by atoms with Crippen LogP contribution in [-0.2, 0) is 0 Å². The van der Waals surface area contributed by atoms with Crippen molar-refractivity contribution < 1.29 is 5.11 Å². The molecule has 1 fully saturated rings. The van der Waals surface area contributed by atoms with Crippen molar-refractivity contribution in [3.05, 3.63) is 60.2 Å². The number of nitrogens with zero attached hydrogens (tertiary/aromatic N) is 4. The molecular formula is C23H20N6O. The van der Waals surface area contributed by atoms with Gasteiger partial charge in [0.05, 0.1) is 11.3 Å². The zero-order valence-corrected chi connectivity index (χ0v) is 16.3. The normalized spacial score (nSPS) is 14.0. The van der Waals surface area contributed by atoms with Crippen molar-refractivity contribution in [3.63, 3.8) is 0 Å². The Labute approximate surface area is 173 Å². The van der Waals surface area contributed by atoms with Crippen LogP contribution in [0.3, 0.4) is 0 Å². The van der Waals surface area contributed by atoms with E-state index in [4.69, 9.17) is 0 Å². The van der Waals surface area contributed by atoms with E-state index in [1.807, 2.05) is 6.07 Å². The van der Waals surface area contributed by atoms with Crippen LogP contribution >= 0.6 is 0 Å². The number of hydrogen-bond acceptors (Lipinski definition) is 6. The fraction of sp³-hybridized carbons (Fsp3) is 0.174. The Kier molecular flexibility index (Phi) is 4.54. The van der Waals surface area contributed by atoms with E-state index in [1.165, 1.54) is 5.69 Å². The molecule has 0 amide bonds. The fourth-order valence-corrected chi connectivity index (χ4v) is 3.85. The second-order valence-corrected chi connectivity index (χ2v) is 7.30. The van der Waals surface area contributed by atoms with Crippen molar-refractivity contribution in [2.45, 2.75) is 0 Å². The van der Waals surface area contributed by atoms with Crippen molar-refractivity contribution in [1.29, 1.82) is 5.26 Å². The van der Waals surface area contributed by atoms with Gasteiger partial charge >= 0.3 is 0 Å². The van der Waals surface area contributed by atoms with Gasteiger partial charge in [-0.05, 0) is 42.5 Å². The summed E-state index contributed by atoms with van der Waals surface area (Å²) in [4.78, 5) is 7.01. The summed E-state index contributed by atoms with van der Waals surface area (Å²) in [5.41, 5.74) is 5.37. The number of pyridine rings is 1. The van der Waals surface area contributed by atoms with Crippen LogP contribution in [-0.4, -0.2) is 46.5 Å². The molecule has 3 N–H and O–H groups in total. The van der Waals surface area contributed by atoms with Gasteiger partial charge < -0.3 is 15.3 Å². The molecule has 7 heteroatoms. The number of phenols is 1. The number of rotatable bonds is 3. The summed E-state index contributed by atoms with van der Waals surface area (Å²) in [7, 11) is 0. The van der Waals surface area contributed by atoms with Crippen LogP contribution in [0.25, 0.3) is 33.5 Å². The van der Waals surface area contributed by atoms with Gasteiger partial charge in [-0.2, -0.15) is 10.4 Å². The van der Waals surface area contributed by atoms with E-state index < -0.39 is 0 Å². The van der Waals surface area contributed by atoms with E-state index in [-0.39, 0.29) is 5.75 Å². The first-order valence-electron chi connectivity index (χ1n) is 9.87. The molecule has 2 aromatic carbocycles. The van der Waals surface area contributed by atoms with Crippen LogP contribution < -0.4 is 10.2 Å². The molecule has 148 valence electrons. The number of nitrogens with one attached hydrogen (secondary N) is 2. The number of anilines is 1. The summed E-state index contributed by atoms with van der Waals surface area (Å²) in [6, 6.07) is 19.1. The third-order valence-electron chi connectivity index (χ3n) is 5.44. The number of hydrogen-bond donors (Lipinski definition) is 3. The molecule has 3 heterocycles. The van der Waals surface area contributed by atoms with Crippen molar-refractivity contribution in [1.82, 2.24) is 20.5 Å². The highest BCUT2D eigenvalue weighted by Crippen LogP contribution is 2.31. The first-order chi connectivity index (χ1) is 14.7. The molecular weight excluding hydrogens is 376 g/mol. The SMILES string of the molecule is N#Cc1cc2c(-c3ccc(N4CCNCC4)cc3)n[nH]c2nc1-c1ccc(O)cc1. The first kappa shape index (κ1) is 18.2. The number of piperazine rings is 1. The lowest BCUT2D eigenvalue weighted by Crippen LogP contribution is -2.43. The minimum absolute atomic E-state index is 0.173. The third-order valence-corrected chi connectivity index (χ3v) is 5.44. The zero-order chi connectivity index (χ0) is 20.5. The van der Waals surface area contributed by atoms with E-state index in [9.17, 15) is 10.4 Å². The Bertz CT molecular complexity index is 1230. The van der Waals surface area contributed by atoms with Gasteiger partial charge in [-0.15, -0.1) is 0 Å². The van der Waals surface area contributed by atoms with E-state index in [1.54, 1.807) is 24.3 Å². The highest BCUT2D eigenvalue weighted by Gasteiger charge is 2.16. The summed E-state index contributed by atoms with van der Waals surface area (Å²) >= 11 is 0. The minimum atomic E-state index is 0.173. The van der Waals surface area contributed by atoms with Crippen LogP contribution in [0.2, 0.25) is 0 Å². The minimum Gasteiger partial charge on any atom is -0.508 e. The second-order valence-electron chi connectivity index (χ2n) is 7.30. The summed E-state index contributed by atoms with van der Waals surface area (Å²) in [5.74, 6) is 0.173. The molecule has 2 aromatic heterocycles. The molecule has 1 aliphatic rings. The van der Waals surface area contributed by atoms with Gasteiger partial charge in [0.1, 0.15) is 17.5 Å². The highest BCUT2D eigenvalue weighted by molar-refractivity contribution is 5.93. The zero-order valence-electron chi connectivity index (χ0n) is 16.3. The molecule has 0 bridgehead atoms. The van der Waals surface area contributed by atoms with Crippen molar-refractivity contribution in [2.75, 3.05) is 31.1 Å². The van der Waals surface area contributed by atoms with E-state index in [2.05, 4.69) is 55.7 Å². The molecule has 4 aromatic rings. The van der Waals surface area contributed by atoms with Crippen LogP contribution in [0.4, 0.5) is 5.69 Å². The molecule has 0 saturated carbocycles. The van der Waals surface area contributed by atoms with E-state index in [0.29, 0.717) is 16.9 Å². The summed E-state index contributed by atoms with van der Waals surface area (Å²) in [6.45, 7) is 4.00. The Hall–Kier alpha value is -3.89. The molecule has 0 radical (unpaired) electrons. The quantitative estimate of drug-likeness (QED) is 0.491. The average molecular weight is 396 g/mol. The van der Waals surface area contributed by atoms with Gasteiger partial charge in [-0.25, -0.2) is 4.98 Å². The smallest absolute Gasteiger partial charge is 0.156 e. The van der Waals surface area contributed by atoms with Gasteiger partial charge in [-0.3, -0.25) is 5.10 Å². The number of H-pyrrole nitrogens is 1. The average Bonchev–Trinajstić information content (AvgIpc) is 3.22. The summed E-state index contributed by atoms with van der Waals surface area (Å²) in [5, 5.41) is 30.9. The van der Waals surface area contributed by atoms with E-state index >= 15 is 0 Å². The molecule has 1 saturated heterocycles. The maximum absolute atomic E-state index is 9.69. The molecule has 0 spiro atoms. The maximum Gasteiger partial charge on any atom is 0.156 e. The Balaban J connectivity index is 1.53. The van der Waals surface area contributed by atoms with Crippen LogP contribution in [0.1, 0.15) is 5.56 Å². The molecule has 5 rings (SSSR count). The molecule has 30 heavy (non-hydrogen) atoms. The Morgan fingerprint density at radius 1 is 0.933 bits per heavy atom. The van der Waals surface area contributed by atoms with Crippen LogP contribution in [0.5, 0.6) is 5.75 Å². The number of aromatic amines is 1. The van der Waals surface area contributed by atoms with E-state index in [0.717, 1.165) is 48.4 Å². The van der Waals surface area contributed by atoms with Gasteiger partial charge in [0, 0.05) is 48.4 Å². The van der Waals surface area contributed by atoms with Gasteiger partial charge in [-0.1, -0.05) is 12.1 Å². The third kappa shape index (κ3) is 3.23. The summed E-state index contributed by atoms with van der Waals surface area (Å²) in [6.07, 6.45) is 0. The highest BCUT2D eigenvalue weighted by atomic mass is 16.3. The monoisotopic (exact) mass is 396 g/mol. The number of aromatic nitrogens is 3. The van der Waals surface area contributed by atoms with Gasteiger partial charge in [0.25, 0.3) is 0 Å². The first-order valence-corrected chi connectivity index (χ1v) is 9.87. The lowest BCUT2D eigenvalue weighted by atomic mass is 10.0. The largest absolute Gasteiger partial charge is 0.508 e. The van der Waals surface area contributed by atoms with Crippen molar-refractivity contribution >= 4 is 16.7 Å². The number of aromatic hydroxyl groups is 1. The van der Waals surface area contributed by atoms with Crippen molar-refractivity contribution in [3.8, 4) is 34.3 Å². The molecule has 0 atom stereocenters. The van der Waals surface area contributed by atoms with Crippen LogP contribution in [0.15, 0.2) is 54.6 Å². The number of fused-ring (bicyclic) bond motifs is 1. The topological polar surface area (TPSA) is 101 Å². The number of nitriles is 1. The van der Waals surface area contributed by atoms with Crippen LogP contribution in [0, 0.1) is 11.3 Å². The number of benzene rings is 2. The fourth-order valence-electron chi connectivity index (χ4n) is 3.85. The summed E-state index contributed by atoms with van der Waals surface area (Å²) < 4.78 is 0. The molecule has 1 aliphatic heterocycles. The maximum atomic E-state index is 9.69. The predicted molar refractivity (Wildman–Crippen MR) is 116 cm³/mol. The predicted octanol–water partition coefficient (Wildman–Crippen LogP) is 3.28. The van der Waals surface area contributed by atoms with Crippen molar-refractivity contribution in [2.24, 2.45) is 0 Å². The molecule has 0 unspecified atom stereocenters. The van der Waals surface area contributed by atoms with Gasteiger partial charge in [0.15, 0.2) is 5.65 Å². The standard InChI is InChI=1S/C23H20N6O/c24-14-17-13-20-22(16-1-5-18(6-2-16)29-11-9-25-10-12-29)27-28-23(20)26-21(17)15-3-7-19(30)8-4-15/h1-8,13,25,30H,9-12H2,(H,26,27,28). The number of phenolic OH excluding ortho intramolecular Hbond substituents is 1. The molecule has 0 aliphatic carbocycles. The second kappa shape index (κ2) is 7.50. The molecule has 7 nitrogen and oxygen atoms in total. The van der Waals surface area contributed by atoms with Gasteiger partial charge in [0.2, 0.25) is 0 Å².